The van der Waals surface area contributed by atoms with E-state index in [0.29, 0.717) is 0 Å². The van der Waals surface area contributed by atoms with Crippen LogP contribution in [0.2, 0.25) is 0 Å². The highest BCUT2D eigenvalue weighted by atomic mass is 16.6. The zero-order valence-corrected chi connectivity index (χ0v) is 12.5. The van der Waals surface area contributed by atoms with Crippen molar-refractivity contribution in [1.29, 1.82) is 0 Å². The third kappa shape index (κ3) is 2.32. The van der Waals surface area contributed by atoms with Gasteiger partial charge in [-0.15, -0.1) is 0 Å². The first kappa shape index (κ1) is 16.3. The van der Waals surface area contributed by atoms with Gasteiger partial charge in [0.2, 0.25) is 5.95 Å². The van der Waals surface area contributed by atoms with Crippen molar-refractivity contribution in [2.45, 2.75) is 24.5 Å². The number of rotatable bonds is 3. The number of aromatic amines is 1. The smallest absolute Gasteiger partial charge is 0.272 e. The van der Waals surface area contributed by atoms with Crippen molar-refractivity contribution in [1.82, 2.24) is 25.1 Å². The fraction of sp³-hybridized carbons (Fsp3) is 0.500. The van der Waals surface area contributed by atoms with E-state index >= 15 is 0 Å². The van der Waals surface area contributed by atoms with Gasteiger partial charge in [0, 0.05) is 7.05 Å². The highest BCUT2D eigenvalue weighted by Gasteiger charge is 2.45. The van der Waals surface area contributed by atoms with E-state index in [-0.39, 0.29) is 22.7 Å². The Hall–Kier alpha value is -2.54. The molecule has 0 bridgehead atoms. The Kier molecular flexibility index (Phi) is 3.96. The zero-order valence-electron chi connectivity index (χ0n) is 12.5. The second-order valence-corrected chi connectivity index (χ2v) is 5.25. The predicted molar refractivity (Wildman–Crippen MR) is 79.0 cm³/mol. The summed E-state index contributed by atoms with van der Waals surface area (Å²) >= 11 is 0. The van der Waals surface area contributed by atoms with E-state index in [0.717, 1.165) is 4.68 Å². The van der Waals surface area contributed by atoms with E-state index in [1.54, 1.807) is 0 Å². The summed E-state index contributed by atoms with van der Waals surface area (Å²) in [6, 6.07) is 0. The summed E-state index contributed by atoms with van der Waals surface area (Å²) in [6.45, 7) is -0.535. The SMILES string of the molecule is CNC(=O)c1nn([C@@H]2O[C@H](CO)[C@@H](O)[C@H]2O)c2nc(N)[nH]c(=O)c12. The van der Waals surface area contributed by atoms with Gasteiger partial charge in [-0.2, -0.15) is 10.1 Å². The molecule has 0 radical (unpaired) electrons. The van der Waals surface area contributed by atoms with Crippen molar-refractivity contribution in [3.05, 3.63) is 16.0 Å². The lowest BCUT2D eigenvalue weighted by Gasteiger charge is -2.15. The number of amides is 1. The number of aromatic nitrogens is 4. The standard InChI is InChI=1S/C12H16N6O6/c1-14-10(23)5-4-8(15-12(13)16-9(4)22)18(17-5)11-7(21)6(20)3(2-19)24-11/h3,6-7,11,19-21H,2H2,1H3,(H,14,23)(H3,13,15,16,22)/t3-,6-,7-,11-/m1/s1. The predicted octanol–water partition coefficient (Wildman–Crippen LogP) is -3.33. The van der Waals surface area contributed by atoms with Crippen molar-refractivity contribution in [2.75, 3.05) is 19.4 Å². The van der Waals surface area contributed by atoms with Gasteiger partial charge in [-0.3, -0.25) is 14.6 Å². The van der Waals surface area contributed by atoms with Crippen molar-refractivity contribution in [3.8, 4) is 0 Å². The summed E-state index contributed by atoms with van der Waals surface area (Å²) in [6.07, 6.45) is -5.13. The van der Waals surface area contributed by atoms with Gasteiger partial charge in [0.1, 0.15) is 23.7 Å². The van der Waals surface area contributed by atoms with Gasteiger partial charge >= 0.3 is 0 Å². The number of carbonyl (C=O) groups excluding carboxylic acids is 1. The first-order chi connectivity index (χ1) is 11.4. The minimum atomic E-state index is -1.45. The Labute approximate surface area is 133 Å². The maximum atomic E-state index is 12.1. The number of carbonyl (C=O) groups is 1. The first-order valence-corrected chi connectivity index (χ1v) is 7.01. The topological polar surface area (TPSA) is 189 Å². The van der Waals surface area contributed by atoms with Gasteiger partial charge in [0.25, 0.3) is 11.5 Å². The lowest BCUT2D eigenvalue weighted by molar-refractivity contribution is -0.0567. The maximum Gasteiger partial charge on any atom is 0.272 e. The van der Waals surface area contributed by atoms with E-state index in [1.807, 2.05) is 0 Å². The van der Waals surface area contributed by atoms with E-state index in [4.69, 9.17) is 10.5 Å². The normalized spacial score (nSPS) is 26.8. The molecule has 0 aliphatic carbocycles. The molecule has 3 heterocycles. The van der Waals surface area contributed by atoms with Crippen molar-refractivity contribution < 1.29 is 24.9 Å². The fourth-order valence-corrected chi connectivity index (χ4v) is 2.60. The van der Waals surface area contributed by atoms with Crippen LogP contribution in [0.3, 0.4) is 0 Å². The Balaban J connectivity index is 2.22. The molecule has 0 saturated carbocycles. The molecule has 4 atom stereocenters. The zero-order chi connectivity index (χ0) is 17.6. The van der Waals surface area contributed by atoms with E-state index in [1.165, 1.54) is 7.05 Å². The molecule has 1 aliphatic rings. The van der Waals surface area contributed by atoms with E-state index in [9.17, 15) is 24.9 Å². The van der Waals surface area contributed by atoms with Crippen LogP contribution in [-0.2, 0) is 4.74 Å². The number of nitrogen functional groups attached to an aromatic ring is 1. The minimum absolute atomic E-state index is 0.0929. The van der Waals surface area contributed by atoms with E-state index in [2.05, 4.69) is 20.4 Å². The van der Waals surface area contributed by atoms with Crippen molar-refractivity contribution in [2.24, 2.45) is 0 Å². The summed E-state index contributed by atoms with van der Waals surface area (Å²) in [7, 11) is 1.36. The highest BCUT2D eigenvalue weighted by Crippen LogP contribution is 2.31. The van der Waals surface area contributed by atoms with Crippen molar-refractivity contribution >= 4 is 22.9 Å². The molecular formula is C12H16N6O6. The van der Waals surface area contributed by atoms with Gasteiger partial charge in [-0.05, 0) is 0 Å². The lowest BCUT2D eigenvalue weighted by atomic mass is 10.1. The van der Waals surface area contributed by atoms with Gasteiger partial charge in [0.05, 0.1) is 6.61 Å². The maximum absolute atomic E-state index is 12.1. The van der Waals surface area contributed by atoms with Gasteiger partial charge in [-0.25, -0.2) is 4.68 Å². The number of hydrogen-bond donors (Lipinski definition) is 6. The molecule has 0 spiro atoms. The molecule has 1 aliphatic heterocycles. The van der Waals surface area contributed by atoms with Crippen LogP contribution in [0.5, 0.6) is 0 Å². The highest BCUT2D eigenvalue weighted by molar-refractivity contribution is 6.03. The number of fused-ring (bicyclic) bond motifs is 1. The molecule has 0 aromatic carbocycles. The lowest BCUT2D eigenvalue weighted by Crippen LogP contribution is -2.33. The van der Waals surface area contributed by atoms with E-state index < -0.39 is 42.6 Å². The molecule has 7 N–H and O–H groups in total. The summed E-state index contributed by atoms with van der Waals surface area (Å²) in [5.74, 6) is -0.869. The van der Waals surface area contributed by atoms with Crippen LogP contribution in [-0.4, -0.2) is 72.9 Å². The number of hydrogen-bond acceptors (Lipinski definition) is 9. The minimum Gasteiger partial charge on any atom is -0.394 e. The monoisotopic (exact) mass is 340 g/mol. The Morgan fingerprint density at radius 1 is 1.46 bits per heavy atom. The molecule has 1 saturated heterocycles. The molecule has 1 amide bonds. The van der Waals surface area contributed by atoms with Crippen LogP contribution >= 0.6 is 0 Å². The van der Waals surface area contributed by atoms with Crippen LogP contribution in [0.15, 0.2) is 4.79 Å². The average Bonchev–Trinajstić information content (AvgIpc) is 3.06. The average molecular weight is 340 g/mol. The number of H-pyrrole nitrogens is 1. The molecule has 2 aromatic rings. The molecule has 3 rings (SSSR count). The number of nitrogens with one attached hydrogen (secondary N) is 2. The Morgan fingerprint density at radius 2 is 2.17 bits per heavy atom. The van der Waals surface area contributed by atoms with Crippen LogP contribution < -0.4 is 16.6 Å². The molecular weight excluding hydrogens is 324 g/mol. The third-order valence-electron chi connectivity index (χ3n) is 3.78. The molecule has 12 heteroatoms. The first-order valence-electron chi connectivity index (χ1n) is 7.01. The molecule has 1 fully saturated rings. The number of aliphatic hydroxyl groups excluding tert-OH is 3. The number of nitrogens with two attached hydrogens (primary N) is 1. The van der Waals surface area contributed by atoms with Crippen molar-refractivity contribution in [3.63, 3.8) is 0 Å². The second kappa shape index (κ2) is 5.83. The molecule has 2 aromatic heterocycles. The molecule has 130 valence electrons. The largest absolute Gasteiger partial charge is 0.394 e. The second-order valence-electron chi connectivity index (χ2n) is 5.25. The quantitative estimate of drug-likeness (QED) is 0.332. The van der Waals surface area contributed by atoms with Gasteiger partial charge < -0.3 is 31.1 Å². The summed E-state index contributed by atoms with van der Waals surface area (Å²) in [5.41, 5.74) is 4.51. The molecule has 24 heavy (non-hydrogen) atoms. The number of anilines is 1. The molecule has 0 unspecified atom stereocenters. The number of ether oxygens (including phenoxy) is 1. The van der Waals surface area contributed by atoms with Gasteiger partial charge in [0.15, 0.2) is 17.6 Å². The summed E-state index contributed by atoms with van der Waals surface area (Å²) in [4.78, 5) is 30.3. The van der Waals surface area contributed by atoms with Crippen LogP contribution in [0, 0.1) is 0 Å². The fourth-order valence-electron chi connectivity index (χ4n) is 2.60. The third-order valence-corrected chi connectivity index (χ3v) is 3.78. The van der Waals surface area contributed by atoms with Crippen LogP contribution in [0.4, 0.5) is 5.95 Å². The van der Waals surface area contributed by atoms with Crippen LogP contribution in [0.1, 0.15) is 16.7 Å². The Bertz CT molecular complexity index is 846. The number of nitrogens with zero attached hydrogens (tertiary/aromatic N) is 3. The summed E-state index contributed by atoms with van der Waals surface area (Å²) < 4.78 is 6.36. The summed E-state index contributed by atoms with van der Waals surface area (Å²) in [5, 5.41) is 35.3. The molecule has 12 nitrogen and oxygen atoms in total. The number of aliphatic hydroxyl groups is 3. The van der Waals surface area contributed by atoms with Gasteiger partial charge in [-0.1, -0.05) is 0 Å². The Morgan fingerprint density at radius 3 is 2.75 bits per heavy atom. The van der Waals surface area contributed by atoms with Crippen LogP contribution in [0.25, 0.3) is 11.0 Å².